The van der Waals surface area contributed by atoms with E-state index in [4.69, 9.17) is 0 Å². The summed E-state index contributed by atoms with van der Waals surface area (Å²) >= 11 is 3.31. The largest absolute Gasteiger partial charge is 0.342 e. The SMILES string of the molecule is O=C(CSc1nnc(Cc2cccs2)n1C1CC1)N1CCC(Cc2ccccc2)CC1. The van der Waals surface area contributed by atoms with E-state index in [1.165, 1.54) is 23.3 Å². The van der Waals surface area contributed by atoms with Gasteiger partial charge in [-0.3, -0.25) is 4.79 Å². The Morgan fingerprint density at radius 3 is 2.55 bits per heavy atom. The molecule has 3 heterocycles. The molecule has 0 spiro atoms. The Morgan fingerprint density at radius 2 is 1.84 bits per heavy atom. The van der Waals surface area contributed by atoms with Gasteiger partial charge in [0, 0.05) is 30.4 Å². The molecule has 31 heavy (non-hydrogen) atoms. The average Bonchev–Trinajstić information content (AvgIpc) is 3.35. The standard InChI is InChI=1S/C24H28N4OS2/c29-23(27-12-10-19(11-13-27)15-18-5-2-1-3-6-18)17-31-24-26-25-22(28(24)20-8-9-20)16-21-7-4-14-30-21/h1-7,14,19-20H,8-13,15-17H2. The van der Waals surface area contributed by atoms with Gasteiger partial charge in [-0.15, -0.1) is 21.5 Å². The summed E-state index contributed by atoms with van der Waals surface area (Å²) in [6.45, 7) is 1.74. The lowest BCUT2D eigenvalue weighted by atomic mass is 9.90. The molecule has 1 aliphatic heterocycles. The molecule has 1 aliphatic carbocycles. The van der Waals surface area contributed by atoms with Gasteiger partial charge in [0.1, 0.15) is 5.82 Å². The third-order valence-corrected chi connectivity index (χ3v) is 8.02. The van der Waals surface area contributed by atoms with E-state index in [2.05, 4.69) is 62.6 Å². The third kappa shape index (κ3) is 5.21. The molecule has 2 aromatic heterocycles. The Kier molecular flexibility index (Phi) is 6.41. The number of hydrogen-bond acceptors (Lipinski definition) is 5. The number of rotatable bonds is 8. The highest BCUT2D eigenvalue weighted by atomic mass is 32.2. The molecule has 1 aromatic carbocycles. The van der Waals surface area contributed by atoms with Crippen molar-refractivity contribution < 1.29 is 4.79 Å². The first-order valence-electron chi connectivity index (χ1n) is 11.2. The number of thioether (sulfide) groups is 1. The van der Waals surface area contributed by atoms with E-state index in [0.29, 0.717) is 17.7 Å². The Hall–Kier alpha value is -2.12. The molecule has 2 fully saturated rings. The minimum Gasteiger partial charge on any atom is -0.342 e. The number of carbonyl (C=O) groups is 1. The van der Waals surface area contributed by atoms with Gasteiger partial charge in [-0.05, 0) is 55.0 Å². The lowest BCUT2D eigenvalue weighted by molar-refractivity contribution is -0.129. The quantitative estimate of drug-likeness (QED) is 0.459. The van der Waals surface area contributed by atoms with Gasteiger partial charge in [0.2, 0.25) is 5.91 Å². The van der Waals surface area contributed by atoms with Crippen LogP contribution in [0.2, 0.25) is 0 Å². The Balaban J connectivity index is 1.14. The first-order chi connectivity index (χ1) is 15.3. The second-order valence-electron chi connectivity index (χ2n) is 8.56. The van der Waals surface area contributed by atoms with Crippen molar-refractivity contribution in [2.45, 2.75) is 49.7 Å². The van der Waals surface area contributed by atoms with E-state index < -0.39 is 0 Å². The van der Waals surface area contributed by atoms with Gasteiger partial charge in [0.15, 0.2) is 5.16 Å². The summed E-state index contributed by atoms with van der Waals surface area (Å²) < 4.78 is 2.28. The maximum absolute atomic E-state index is 12.8. The number of nitrogens with zero attached hydrogens (tertiary/aromatic N) is 4. The molecular formula is C24H28N4OS2. The highest BCUT2D eigenvalue weighted by Gasteiger charge is 2.30. The van der Waals surface area contributed by atoms with E-state index in [-0.39, 0.29) is 5.91 Å². The predicted octanol–water partition coefficient (Wildman–Crippen LogP) is 4.84. The molecule has 7 heteroatoms. The number of benzene rings is 1. The van der Waals surface area contributed by atoms with Crippen LogP contribution in [-0.2, 0) is 17.6 Å². The Labute approximate surface area is 191 Å². The van der Waals surface area contributed by atoms with Gasteiger partial charge in [0.25, 0.3) is 0 Å². The van der Waals surface area contributed by atoms with Crippen molar-refractivity contribution in [3.05, 3.63) is 64.1 Å². The Morgan fingerprint density at radius 1 is 1.03 bits per heavy atom. The van der Waals surface area contributed by atoms with Gasteiger partial charge < -0.3 is 9.47 Å². The van der Waals surface area contributed by atoms with Crippen molar-refractivity contribution >= 4 is 29.0 Å². The second-order valence-corrected chi connectivity index (χ2v) is 10.5. The van der Waals surface area contributed by atoms with Crippen LogP contribution in [-0.4, -0.2) is 44.4 Å². The highest BCUT2D eigenvalue weighted by Crippen LogP contribution is 2.39. The topological polar surface area (TPSA) is 51.0 Å². The first kappa shape index (κ1) is 20.8. The van der Waals surface area contributed by atoms with Crippen LogP contribution >= 0.6 is 23.1 Å². The molecule has 1 saturated heterocycles. The number of carbonyl (C=O) groups excluding carboxylic acids is 1. The first-order valence-corrected chi connectivity index (χ1v) is 13.0. The van der Waals surface area contributed by atoms with Crippen molar-refractivity contribution in [2.24, 2.45) is 5.92 Å². The predicted molar refractivity (Wildman–Crippen MR) is 126 cm³/mol. The van der Waals surface area contributed by atoms with Crippen LogP contribution in [0.3, 0.4) is 0 Å². The number of aromatic nitrogens is 3. The van der Waals surface area contributed by atoms with E-state index >= 15 is 0 Å². The summed E-state index contributed by atoms with van der Waals surface area (Å²) in [7, 11) is 0. The molecule has 5 nitrogen and oxygen atoms in total. The van der Waals surface area contributed by atoms with Crippen LogP contribution in [0.4, 0.5) is 0 Å². The van der Waals surface area contributed by atoms with Crippen LogP contribution < -0.4 is 0 Å². The molecule has 0 radical (unpaired) electrons. The van der Waals surface area contributed by atoms with Gasteiger partial charge in [-0.2, -0.15) is 0 Å². The molecule has 1 amide bonds. The van der Waals surface area contributed by atoms with E-state index in [1.54, 1.807) is 23.1 Å². The van der Waals surface area contributed by atoms with Crippen LogP contribution in [0.1, 0.15) is 48.0 Å². The molecule has 1 saturated carbocycles. The lowest BCUT2D eigenvalue weighted by Crippen LogP contribution is -2.39. The summed E-state index contributed by atoms with van der Waals surface area (Å²) in [5.41, 5.74) is 1.40. The molecule has 3 aromatic rings. The third-order valence-electron chi connectivity index (χ3n) is 6.22. The van der Waals surface area contributed by atoms with Crippen LogP contribution in [0.25, 0.3) is 0 Å². The fourth-order valence-corrected chi connectivity index (χ4v) is 5.98. The van der Waals surface area contributed by atoms with E-state index in [0.717, 1.165) is 49.8 Å². The minimum absolute atomic E-state index is 0.230. The van der Waals surface area contributed by atoms with Crippen LogP contribution in [0, 0.1) is 5.92 Å². The van der Waals surface area contributed by atoms with Crippen molar-refractivity contribution in [1.29, 1.82) is 0 Å². The van der Waals surface area contributed by atoms with Gasteiger partial charge in [-0.1, -0.05) is 48.2 Å². The lowest BCUT2D eigenvalue weighted by Gasteiger charge is -2.32. The summed E-state index contributed by atoms with van der Waals surface area (Å²) in [6, 6.07) is 15.4. The van der Waals surface area contributed by atoms with Crippen LogP contribution in [0.5, 0.6) is 0 Å². The van der Waals surface area contributed by atoms with Gasteiger partial charge in [0.05, 0.1) is 5.75 Å². The number of amides is 1. The Bertz CT molecular complexity index is 990. The fraction of sp³-hybridized carbons (Fsp3) is 0.458. The summed E-state index contributed by atoms with van der Waals surface area (Å²) in [5.74, 6) is 2.39. The zero-order chi connectivity index (χ0) is 21.0. The molecule has 0 atom stereocenters. The van der Waals surface area contributed by atoms with Crippen molar-refractivity contribution in [3.8, 4) is 0 Å². The molecule has 5 rings (SSSR count). The van der Waals surface area contributed by atoms with Crippen molar-refractivity contribution in [1.82, 2.24) is 19.7 Å². The molecule has 162 valence electrons. The van der Waals surface area contributed by atoms with Crippen LogP contribution in [0.15, 0.2) is 53.0 Å². The number of hydrogen-bond donors (Lipinski definition) is 0. The maximum Gasteiger partial charge on any atom is 0.233 e. The number of likely N-dealkylation sites (tertiary alicyclic amines) is 1. The molecular weight excluding hydrogens is 424 g/mol. The maximum atomic E-state index is 12.8. The van der Waals surface area contributed by atoms with E-state index in [9.17, 15) is 4.79 Å². The average molecular weight is 453 g/mol. The fourth-order valence-electron chi connectivity index (χ4n) is 4.35. The summed E-state index contributed by atoms with van der Waals surface area (Å²) in [6.07, 6.45) is 6.50. The number of thiophene rings is 1. The van der Waals surface area contributed by atoms with Crippen molar-refractivity contribution in [3.63, 3.8) is 0 Å². The second kappa shape index (κ2) is 9.57. The normalized spacial score (nSPS) is 17.2. The monoisotopic (exact) mass is 452 g/mol. The smallest absolute Gasteiger partial charge is 0.233 e. The summed E-state index contributed by atoms with van der Waals surface area (Å²) in [5, 5.41) is 11.9. The zero-order valence-electron chi connectivity index (χ0n) is 17.7. The zero-order valence-corrected chi connectivity index (χ0v) is 19.3. The summed E-state index contributed by atoms with van der Waals surface area (Å²) in [4.78, 5) is 16.2. The number of piperidine rings is 1. The molecule has 2 aliphatic rings. The molecule has 0 N–H and O–H groups in total. The molecule has 0 unspecified atom stereocenters. The molecule has 0 bridgehead atoms. The highest BCUT2D eigenvalue weighted by molar-refractivity contribution is 7.99. The minimum atomic E-state index is 0.230. The van der Waals surface area contributed by atoms with Crippen molar-refractivity contribution in [2.75, 3.05) is 18.8 Å². The van der Waals surface area contributed by atoms with Gasteiger partial charge in [-0.25, -0.2) is 0 Å². The van der Waals surface area contributed by atoms with Gasteiger partial charge >= 0.3 is 0 Å². The van der Waals surface area contributed by atoms with E-state index in [1.807, 2.05) is 4.90 Å².